The monoisotopic (exact) mass is 550 g/mol. The van der Waals surface area contributed by atoms with Crippen molar-refractivity contribution in [3.63, 3.8) is 0 Å². The van der Waals surface area contributed by atoms with E-state index in [-0.39, 0.29) is 17.7 Å². The highest BCUT2D eigenvalue weighted by Crippen LogP contribution is 2.29. The largest absolute Gasteiger partial charge is 0.381 e. The van der Waals surface area contributed by atoms with Gasteiger partial charge in [0.1, 0.15) is 12.1 Å². The van der Waals surface area contributed by atoms with E-state index in [4.69, 9.17) is 5.73 Å². The van der Waals surface area contributed by atoms with Gasteiger partial charge >= 0.3 is 0 Å². The number of likely N-dealkylation sites (tertiary alicyclic amines) is 1. The van der Waals surface area contributed by atoms with Crippen LogP contribution in [0.4, 0.5) is 0 Å². The summed E-state index contributed by atoms with van der Waals surface area (Å²) >= 11 is 0. The molecular weight excluding hydrogens is 508 g/mol. The molecule has 0 spiro atoms. The summed E-state index contributed by atoms with van der Waals surface area (Å²) in [5.41, 5.74) is 5.77. The van der Waals surface area contributed by atoms with Crippen molar-refractivity contribution in [2.24, 2.45) is 17.6 Å². The first kappa shape index (κ1) is 29.5. The average Bonchev–Trinajstić information content (AvgIpc) is 3.45. The van der Waals surface area contributed by atoms with Gasteiger partial charge in [0.25, 0.3) is 5.91 Å². The molecule has 5 N–H and O–H groups in total. The number of carbonyl (C=O) groups is 4. The van der Waals surface area contributed by atoms with Gasteiger partial charge < -0.3 is 26.4 Å². The molecule has 2 aromatic carbocycles. The number of aliphatic hydroxyl groups is 1. The van der Waals surface area contributed by atoms with E-state index in [1.165, 1.54) is 6.42 Å². The Bertz CT molecular complexity index is 1230. The maximum absolute atomic E-state index is 14.0. The lowest BCUT2D eigenvalue weighted by atomic mass is 9.84. The fraction of sp³-hybridized carbons (Fsp3) is 0.548. The molecule has 0 radical (unpaired) electrons. The number of nitrogens with one attached hydrogen (secondary N) is 2. The molecule has 1 heterocycles. The third-order valence-electron chi connectivity index (χ3n) is 8.41. The van der Waals surface area contributed by atoms with Crippen molar-refractivity contribution in [3.05, 3.63) is 48.0 Å². The van der Waals surface area contributed by atoms with Crippen LogP contribution in [0, 0.1) is 11.8 Å². The van der Waals surface area contributed by atoms with Crippen LogP contribution in [0.15, 0.2) is 42.5 Å². The van der Waals surface area contributed by atoms with Crippen LogP contribution in [0.3, 0.4) is 0 Å². The van der Waals surface area contributed by atoms with Gasteiger partial charge in [-0.25, -0.2) is 0 Å². The van der Waals surface area contributed by atoms with Crippen LogP contribution < -0.4 is 16.4 Å². The minimum absolute atomic E-state index is 0.253. The van der Waals surface area contributed by atoms with Gasteiger partial charge in [0, 0.05) is 12.1 Å². The maximum atomic E-state index is 14.0. The molecule has 2 fully saturated rings. The second kappa shape index (κ2) is 13.3. The Morgan fingerprint density at radius 1 is 0.950 bits per heavy atom. The smallest absolute Gasteiger partial charge is 0.251 e. The standard InChI is InChI=1S/C31H42N4O5/c1-19(2)26(27(36)28(32)37)34-30(39)25-13-8-16-35(25)31(40)24(17-20-9-4-3-5-10-20)33-29(38)23-15-14-21-11-6-7-12-22(21)18-23/h6-7,11-12,14-15,18-20,24-27,36H,3-5,8-10,13,16-17H2,1-2H3,(H2,32,37)(H,33,38)(H,34,39)/t24-,25+,26?,27?/m1/s1. The molecule has 4 amide bonds. The molecule has 1 saturated carbocycles. The number of nitrogens with zero attached hydrogens (tertiary/aromatic N) is 1. The Morgan fingerprint density at radius 2 is 1.65 bits per heavy atom. The predicted molar refractivity (Wildman–Crippen MR) is 153 cm³/mol. The van der Waals surface area contributed by atoms with Crippen molar-refractivity contribution < 1.29 is 24.3 Å². The van der Waals surface area contributed by atoms with Gasteiger partial charge in [-0.2, -0.15) is 0 Å². The molecule has 1 aliphatic heterocycles. The molecule has 9 heteroatoms. The number of hydrogen-bond donors (Lipinski definition) is 4. The number of rotatable bonds is 10. The van der Waals surface area contributed by atoms with Gasteiger partial charge in [-0.3, -0.25) is 19.2 Å². The lowest BCUT2D eigenvalue weighted by molar-refractivity contribution is -0.141. The zero-order valence-corrected chi connectivity index (χ0v) is 23.5. The van der Waals surface area contributed by atoms with Gasteiger partial charge in [0.05, 0.1) is 6.04 Å². The van der Waals surface area contributed by atoms with Crippen LogP contribution in [0.25, 0.3) is 10.8 Å². The van der Waals surface area contributed by atoms with Gasteiger partial charge in [0.15, 0.2) is 6.10 Å². The summed E-state index contributed by atoms with van der Waals surface area (Å²) in [5.74, 6) is -1.86. The first-order valence-electron chi connectivity index (χ1n) is 14.5. The fourth-order valence-corrected chi connectivity index (χ4v) is 6.10. The molecule has 2 unspecified atom stereocenters. The Kier molecular flexibility index (Phi) is 9.79. The third-order valence-corrected chi connectivity index (χ3v) is 8.41. The summed E-state index contributed by atoms with van der Waals surface area (Å²) in [4.78, 5) is 53.9. The van der Waals surface area contributed by atoms with E-state index in [0.717, 1.165) is 36.5 Å². The van der Waals surface area contributed by atoms with Crippen molar-refractivity contribution >= 4 is 34.4 Å². The van der Waals surface area contributed by atoms with Crippen LogP contribution in [0.2, 0.25) is 0 Å². The van der Waals surface area contributed by atoms with E-state index in [2.05, 4.69) is 10.6 Å². The Hall–Kier alpha value is -3.46. The second-order valence-electron chi connectivity index (χ2n) is 11.6. The summed E-state index contributed by atoms with van der Waals surface area (Å²) in [6.45, 7) is 3.95. The highest BCUT2D eigenvalue weighted by Gasteiger charge is 2.40. The predicted octanol–water partition coefficient (Wildman–Crippen LogP) is 2.89. The number of benzene rings is 2. The first-order chi connectivity index (χ1) is 19.2. The van der Waals surface area contributed by atoms with Crippen molar-refractivity contribution in [2.75, 3.05) is 6.54 Å². The van der Waals surface area contributed by atoms with E-state index in [9.17, 15) is 24.3 Å². The van der Waals surface area contributed by atoms with Crippen LogP contribution in [-0.2, 0) is 14.4 Å². The average molecular weight is 551 g/mol. The molecule has 2 aliphatic rings. The van der Waals surface area contributed by atoms with Crippen molar-refractivity contribution in [1.29, 1.82) is 0 Å². The molecule has 0 aromatic heterocycles. The van der Waals surface area contributed by atoms with Gasteiger partial charge in [-0.15, -0.1) is 0 Å². The maximum Gasteiger partial charge on any atom is 0.251 e. The van der Waals surface area contributed by atoms with E-state index < -0.39 is 36.0 Å². The molecule has 1 aliphatic carbocycles. The quantitative estimate of drug-likeness (QED) is 0.360. The SMILES string of the molecule is CC(C)C(NC(=O)[C@@H]1CCCN1C(=O)[C@@H](CC1CCCCC1)NC(=O)c1ccc2ccccc2c1)C(O)C(N)=O. The highest BCUT2D eigenvalue weighted by molar-refractivity contribution is 6.01. The van der Waals surface area contributed by atoms with E-state index in [0.29, 0.717) is 37.3 Å². The molecule has 0 bridgehead atoms. The van der Waals surface area contributed by atoms with E-state index in [1.54, 1.807) is 24.8 Å². The number of fused-ring (bicyclic) bond motifs is 1. The van der Waals surface area contributed by atoms with Crippen LogP contribution in [0.1, 0.15) is 75.6 Å². The van der Waals surface area contributed by atoms with Crippen molar-refractivity contribution in [1.82, 2.24) is 15.5 Å². The normalized spacial score (nSPS) is 20.2. The minimum atomic E-state index is -1.53. The zero-order chi connectivity index (χ0) is 28.8. The Labute approximate surface area is 235 Å². The van der Waals surface area contributed by atoms with Gasteiger partial charge in [-0.1, -0.05) is 76.3 Å². The van der Waals surface area contributed by atoms with Crippen LogP contribution in [0.5, 0.6) is 0 Å². The van der Waals surface area contributed by atoms with E-state index in [1.807, 2.05) is 36.4 Å². The lowest BCUT2D eigenvalue weighted by Crippen LogP contribution is -2.58. The first-order valence-corrected chi connectivity index (χ1v) is 14.5. The summed E-state index contributed by atoms with van der Waals surface area (Å²) in [7, 11) is 0. The fourth-order valence-electron chi connectivity index (χ4n) is 6.10. The zero-order valence-electron chi connectivity index (χ0n) is 23.5. The molecule has 2 aromatic rings. The summed E-state index contributed by atoms with van der Waals surface area (Å²) in [5, 5.41) is 18.0. The molecule has 9 nitrogen and oxygen atoms in total. The molecule has 216 valence electrons. The topological polar surface area (TPSA) is 142 Å². The van der Waals surface area contributed by atoms with E-state index >= 15 is 0 Å². The summed E-state index contributed by atoms with van der Waals surface area (Å²) in [6.07, 6.45) is 5.53. The Morgan fingerprint density at radius 3 is 2.33 bits per heavy atom. The summed E-state index contributed by atoms with van der Waals surface area (Å²) in [6, 6.07) is 10.9. The summed E-state index contributed by atoms with van der Waals surface area (Å²) < 4.78 is 0. The molecular formula is C31H42N4O5. The number of nitrogens with two attached hydrogens (primary N) is 1. The second-order valence-corrected chi connectivity index (χ2v) is 11.6. The molecule has 1 saturated heterocycles. The van der Waals surface area contributed by atoms with Crippen LogP contribution in [-0.4, -0.2) is 64.4 Å². The van der Waals surface area contributed by atoms with Crippen LogP contribution >= 0.6 is 0 Å². The molecule has 4 atom stereocenters. The number of hydrogen-bond acceptors (Lipinski definition) is 5. The number of primary amides is 1. The highest BCUT2D eigenvalue weighted by atomic mass is 16.3. The Balaban J connectivity index is 1.52. The van der Waals surface area contributed by atoms with Crippen molar-refractivity contribution in [2.45, 2.75) is 89.4 Å². The van der Waals surface area contributed by atoms with Crippen molar-refractivity contribution in [3.8, 4) is 0 Å². The van der Waals surface area contributed by atoms with Gasteiger partial charge in [-0.05, 0) is 54.0 Å². The van der Waals surface area contributed by atoms with Gasteiger partial charge in [0.2, 0.25) is 17.7 Å². The molecule has 40 heavy (non-hydrogen) atoms. The molecule has 4 rings (SSSR count). The lowest BCUT2D eigenvalue weighted by Gasteiger charge is -2.33. The minimum Gasteiger partial charge on any atom is -0.381 e. The number of amides is 4. The number of carbonyl (C=O) groups excluding carboxylic acids is 4. The third kappa shape index (κ3) is 6.99. The number of aliphatic hydroxyl groups excluding tert-OH is 1.